The number of halogens is 3. The van der Waals surface area contributed by atoms with Gasteiger partial charge in [-0.05, 0) is 30.3 Å². The zero-order chi connectivity index (χ0) is 34.3. The molecular weight excluding hydrogens is 635 g/mol. The number of ether oxygens (including phenoxy) is 7. The molecule has 0 bridgehead atoms. The fourth-order valence-electron chi connectivity index (χ4n) is 3.56. The quantitative estimate of drug-likeness (QED) is 0.0892. The van der Waals surface area contributed by atoms with Gasteiger partial charge in [0.2, 0.25) is 5.78 Å². The van der Waals surface area contributed by atoms with Gasteiger partial charge in [0.05, 0.1) is 89.3 Å². The number of ketones is 1. The van der Waals surface area contributed by atoms with Gasteiger partial charge >= 0.3 is 24.1 Å². The summed E-state index contributed by atoms with van der Waals surface area (Å²) in [6, 6.07) is 11.0. The Labute approximate surface area is 269 Å². The van der Waals surface area contributed by atoms with E-state index in [2.05, 4.69) is 5.32 Å². The molecule has 2 aromatic carbocycles. The number of alkyl halides is 3. The van der Waals surface area contributed by atoms with Crippen LogP contribution in [0.15, 0.2) is 48.5 Å². The maximum Gasteiger partial charge on any atom is 0.416 e. The summed E-state index contributed by atoms with van der Waals surface area (Å²) >= 11 is 0. The minimum atomic E-state index is -4.49. The molecule has 16 heteroatoms. The molecular formula is C31H38F3NO12. The van der Waals surface area contributed by atoms with E-state index in [-0.39, 0.29) is 57.3 Å². The van der Waals surface area contributed by atoms with Crippen molar-refractivity contribution in [2.24, 2.45) is 0 Å². The molecule has 13 nitrogen and oxygen atoms in total. The number of carboxylic acid groups (broad SMARTS) is 1. The molecule has 0 saturated carbocycles. The average molecular weight is 674 g/mol. The van der Waals surface area contributed by atoms with E-state index in [9.17, 15) is 32.3 Å². The van der Waals surface area contributed by atoms with Crippen LogP contribution in [0.4, 0.5) is 24.5 Å². The Bertz CT molecular complexity index is 1260. The fraction of sp³-hybridized carbons (Fsp3) is 0.484. The number of hydrogen-bond acceptors (Lipinski definition) is 12. The van der Waals surface area contributed by atoms with E-state index >= 15 is 0 Å². The molecule has 0 amide bonds. The summed E-state index contributed by atoms with van der Waals surface area (Å²) in [4.78, 5) is 45.2. The number of nitrogens with one attached hydrogen (secondary N) is 1. The molecule has 0 atom stereocenters. The normalized spacial score (nSPS) is 11.2. The SMILES string of the molecule is O=C(CCC(=O)C(=O)O)OCCOCCOCCOCCOCCOCCOC(=O)c1ccccc1Nc1cccc(C(F)(F)F)c1. The highest BCUT2D eigenvalue weighted by Crippen LogP contribution is 2.32. The first-order chi connectivity index (χ1) is 22.6. The van der Waals surface area contributed by atoms with Crippen LogP contribution in [0.25, 0.3) is 0 Å². The second-order valence-electron chi connectivity index (χ2n) is 9.40. The highest BCUT2D eigenvalue weighted by atomic mass is 19.4. The number of para-hydroxylation sites is 1. The zero-order valence-electron chi connectivity index (χ0n) is 25.6. The van der Waals surface area contributed by atoms with Crippen molar-refractivity contribution >= 4 is 35.1 Å². The van der Waals surface area contributed by atoms with Crippen LogP contribution >= 0.6 is 0 Å². The molecule has 0 unspecified atom stereocenters. The lowest BCUT2D eigenvalue weighted by molar-refractivity contribution is -0.151. The van der Waals surface area contributed by atoms with Crippen LogP contribution in [-0.2, 0) is 53.7 Å². The van der Waals surface area contributed by atoms with Crippen molar-refractivity contribution in [2.45, 2.75) is 19.0 Å². The third-order valence-corrected chi connectivity index (χ3v) is 5.85. The second-order valence-corrected chi connectivity index (χ2v) is 9.40. The van der Waals surface area contributed by atoms with Gasteiger partial charge < -0.3 is 43.6 Å². The predicted molar refractivity (Wildman–Crippen MR) is 158 cm³/mol. The Hall–Kier alpha value is -4.09. The largest absolute Gasteiger partial charge is 0.476 e. The molecule has 0 fully saturated rings. The number of carbonyl (C=O) groups is 4. The van der Waals surface area contributed by atoms with E-state index in [4.69, 9.17) is 38.3 Å². The van der Waals surface area contributed by atoms with Gasteiger partial charge in [-0.1, -0.05) is 18.2 Å². The fourth-order valence-corrected chi connectivity index (χ4v) is 3.56. The summed E-state index contributed by atoms with van der Waals surface area (Å²) in [6.07, 6.45) is -5.20. The van der Waals surface area contributed by atoms with E-state index < -0.39 is 41.9 Å². The molecule has 2 N–H and O–H groups in total. The smallest absolute Gasteiger partial charge is 0.416 e. The van der Waals surface area contributed by atoms with Crippen molar-refractivity contribution in [1.82, 2.24) is 0 Å². The number of rotatable bonds is 25. The van der Waals surface area contributed by atoms with Crippen LogP contribution in [0.2, 0.25) is 0 Å². The third-order valence-electron chi connectivity index (χ3n) is 5.85. The van der Waals surface area contributed by atoms with Gasteiger partial charge in [-0.15, -0.1) is 0 Å². The van der Waals surface area contributed by atoms with Crippen LogP contribution in [0.3, 0.4) is 0 Å². The van der Waals surface area contributed by atoms with Gasteiger partial charge in [0.25, 0.3) is 0 Å². The molecule has 0 aliphatic carbocycles. The second kappa shape index (κ2) is 22.4. The third kappa shape index (κ3) is 17.4. The molecule has 0 aromatic heterocycles. The zero-order valence-corrected chi connectivity index (χ0v) is 25.6. The molecule has 0 radical (unpaired) electrons. The average Bonchev–Trinajstić information content (AvgIpc) is 3.04. The van der Waals surface area contributed by atoms with E-state index in [0.717, 1.165) is 12.1 Å². The Morgan fingerprint density at radius 3 is 1.68 bits per heavy atom. The van der Waals surface area contributed by atoms with Crippen molar-refractivity contribution in [3.8, 4) is 0 Å². The molecule has 0 heterocycles. The first-order valence-corrected chi connectivity index (χ1v) is 14.6. The van der Waals surface area contributed by atoms with Crippen LogP contribution in [0.1, 0.15) is 28.8 Å². The molecule has 0 aliphatic heterocycles. The summed E-state index contributed by atoms with van der Waals surface area (Å²) in [5, 5.41) is 11.3. The summed E-state index contributed by atoms with van der Waals surface area (Å²) in [5.41, 5.74) is -0.167. The Balaban J connectivity index is 1.41. The van der Waals surface area contributed by atoms with E-state index in [1.165, 1.54) is 18.2 Å². The van der Waals surface area contributed by atoms with Gasteiger partial charge in [-0.25, -0.2) is 9.59 Å². The van der Waals surface area contributed by atoms with Gasteiger partial charge in [0.1, 0.15) is 13.2 Å². The highest BCUT2D eigenvalue weighted by Gasteiger charge is 2.30. The highest BCUT2D eigenvalue weighted by molar-refractivity contribution is 6.32. The van der Waals surface area contributed by atoms with Crippen molar-refractivity contribution in [3.05, 3.63) is 59.7 Å². The van der Waals surface area contributed by atoms with Crippen LogP contribution in [0, 0.1) is 0 Å². The number of carbonyl (C=O) groups excluding carboxylic acids is 3. The lowest BCUT2D eigenvalue weighted by Crippen LogP contribution is -2.17. The van der Waals surface area contributed by atoms with Crippen LogP contribution in [0.5, 0.6) is 0 Å². The number of carboxylic acids is 1. The Kier molecular flexibility index (Phi) is 18.7. The molecule has 0 spiro atoms. The number of esters is 2. The summed E-state index contributed by atoms with van der Waals surface area (Å²) in [5.74, 6) is -3.96. The monoisotopic (exact) mass is 673 g/mol. The van der Waals surface area contributed by atoms with Gasteiger partial charge in [-0.2, -0.15) is 13.2 Å². The Morgan fingerprint density at radius 1 is 0.638 bits per heavy atom. The molecule has 2 aromatic rings. The minimum absolute atomic E-state index is 0.0217. The van der Waals surface area contributed by atoms with Crippen molar-refractivity contribution in [1.29, 1.82) is 0 Å². The molecule has 2 rings (SSSR count). The number of anilines is 2. The maximum absolute atomic E-state index is 13.0. The lowest BCUT2D eigenvalue weighted by Gasteiger charge is -2.13. The van der Waals surface area contributed by atoms with Crippen molar-refractivity contribution in [2.75, 3.05) is 84.6 Å². The van der Waals surface area contributed by atoms with E-state index in [0.29, 0.717) is 45.3 Å². The molecule has 0 saturated heterocycles. The summed E-state index contributed by atoms with van der Waals surface area (Å²) in [6.45, 7) is 2.69. The van der Waals surface area contributed by atoms with E-state index in [1.54, 1.807) is 18.2 Å². The van der Waals surface area contributed by atoms with Crippen LogP contribution in [-0.4, -0.2) is 108 Å². The molecule has 260 valence electrons. The number of Topliss-reactive ketones (excluding diaryl/α,β-unsaturated/α-hetero) is 1. The molecule has 0 aliphatic rings. The number of hydrogen-bond donors (Lipinski definition) is 2. The standard InChI is InChI=1S/C31H38F3NO12/c32-31(33,34)23-4-3-5-24(22-23)35-26-7-2-1-6-25(26)30(40)47-21-19-45-17-15-43-13-11-41-10-12-42-14-16-44-18-20-46-28(37)9-8-27(36)29(38)39/h1-7,22,35H,8-21H2,(H,38,39). The van der Waals surface area contributed by atoms with Gasteiger partial charge in [0, 0.05) is 12.1 Å². The summed E-state index contributed by atoms with van der Waals surface area (Å²) < 4.78 is 75.8. The van der Waals surface area contributed by atoms with Gasteiger partial charge in [-0.3, -0.25) is 9.59 Å². The van der Waals surface area contributed by atoms with Crippen molar-refractivity contribution in [3.63, 3.8) is 0 Å². The van der Waals surface area contributed by atoms with Crippen LogP contribution < -0.4 is 5.32 Å². The molecule has 47 heavy (non-hydrogen) atoms. The first kappa shape index (κ1) is 39.1. The lowest BCUT2D eigenvalue weighted by atomic mass is 10.1. The first-order valence-electron chi connectivity index (χ1n) is 14.6. The topological polar surface area (TPSA) is 165 Å². The minimum Gasteiger partial charge on any atom is -0.476 e. The number of aliphatic carboxylic acids is 1. The van der Waals surface area contributed by atoms with Crippen molar-refractivity contribution < 1.29 is 70.6 Å². The number of benzene rings is 2. The van der Waals surface area contributed by atoms with E-state index in [1.807, 2.05) is 0 Å². The maximum atomic E-state index is 13.0. The predicted octanol–water partition coefficient (Wildman–Crippen LogP) is 3.67. The van der Waals surface area contributed by atoms with Gasteiger partial charge in [0.15, 0.2) is 0 Å². The Morgan fingerprint density at radius 2 is 1.15 bits per heavy atom. The summed E-state index contributed by atoms with van der Waals surface area (Å²) in [7, 11) is 0.